The van der Waals surface area contributed by atoms with Gasteiger partial charge in [-0.15, -0.1) is 0 Å². The summed E-state index contributed by atoms with van der Waals surface area (Å²) in [5.41, 5.74) is 1.17. The third-order valence-corrected chi connectivity index (χ3v) is 4.95. The highest BCUT2D eigenvalue weighted by molar-refractivity contribution is 5.92. The summed E-state index contributed by atoms with van der Waals surface area (Å²) in [7, 11) is 0. The zero-order chi connectivity index (χ0) is 26.8. The van der Waals surface area contributed by atoms with Gasteiger partial charge in [0, 0.05) is 11.1 Å². The second-order valence-corrected chi connectivity index (χ2v) is 7.82. The number of ether oxygens (including phenoxy) is 5. The summed E-state index contributed by atoms with van der Waals surface area (Å²) >= 11 is 0. The van der Waals surface area contributed by atoms with Gasteiger partial charge in [-0.05, 0) is 87.5 Å². The Kier molecular flexibility index (Phi) is 9.43. The highest BCUT2D eigenvalue weighted by Gasteiger charge is 2.17. The average Bonchev–Trinajstić information content (AvgIpc) is 2.89. The maximum absolute atomic E-state index is 12.7. The minimum Gasteiger partial charge on any atom is -0.494 e. The first-order chi connectivity index (χ1) is 17.8. The Balaban J connectivity index is 1.79. The zero-order valence-corrected chi connectivity index (χ0v) is 20.9. The molecule has 0 bridgehead atoms. The smallest absolute Gasteiger partial charge is 0.343 e. The largest absolute Gasteiger partial charge is 0.494 e. The van der Waals surface area contributed by atoms with Crippen molar-refractivity contribution in [3.63, 3.8) is 0 Å². The van der Waals surface area contributed by atoms with E-state index in [1.807, 2.05) is 13.8 Å². The van der Waals surface area contributed by atoms with Gasteiger partial charge in [-0.2, -0.15) is 0 Å². The first kappa shape index (κ1) is 27.0. The molecule has 8 heteroatoms. The lowest BCUT2D eigenvalue weighted by Gasteiger charge is -2.13. The van der Waals surface area contributed by atoms with E-state index >= 15 is 0 Å². The van der Waals surface area contributed by atoms with Crippen molar-refractivity contribution in [3.05, 3.63) is 95.6 Å². The predicted octanol–water partition coefficient (Wildman–Crippen LogP) is 5.54. The number of carbonyl (C=O) groups is 3. The van der Waals surface area contributed by atoms with Gasteiger partial charge in [0.25, 0.3) is 0 Å². The van der Waals surface area contributed by atoms with Gasteiger partial charge >= 0.3 is 17.9 Å². The van der Waals surface area contributed by atoms with Gasteiger partial charge in [0.1, 0.15) is 29.6 Å². The molecule has 192 valence electrons. The molecule has 3 rings (SSSR count). The zero-order valence-electron chi connectivity index (χ0n) is 20.9. The standard InChI is InChI=1S/C29H28O8/c1-5-33-23-11-7-20(8-12-23)28(31)36-25-15-16-26(22(17-25)18-35-27(30)19(3)4)37-29(32)21-9-13-24(14-10-21)34-6-2/h7-17H,3,5-6,18H2,1-2,4H3. The molecular formula is C29H28O8. The Labute approximate surface area is 215 Å². The molecule has 37 heavy (non-hydrogen) atoms. The highest BCUT2D eigenvalue weighted by atomic mass is 16.6. The van der Waals surface area contributed by atoms with Crippen LogP contribution in [0.15, 0.2) is 78.9 Å². The van der Waals surface area contributed by atoms with Crippen molar-refractivity contribution in [2.24, 2.45) is 0 Å². The molecule has 0 saturated carbocycles. The van der Waals surface area contributed by atoms with Crippen LogP contribution >= 0.6 is 0 Å². The lowest BCUT2D eigenvalue weighted by atomic mass is 10.2. The van der Waals surface area contributed by atoms with Crippen LogP contribution in [-0.4, -0.2) is 31.1 Å². The molecule has 0 saturated heterocycles. The van der Waals surface area contributed by atoms with Crippen molar-refractivity contribution >= 4 is 17.9 Å². The molecule has 3 aromatic rings. The van der Waals surface area contributed by atoms with Crippen molar-refractivity contribution in [2.45, 2.75) is 27.4 Å². The molecule has 3 aromatic carbocycles. The first-order valence-electron chi connectivity index (χ1n) is 11.7. The van der Waals surface area contributed by atoms with Gasteiger partial charge in [0.2, 0.25) is 0 Å². The lowest BCUT2D eigenvalue weighted by molar-refractivity contribution is -0.140. The first-order valence-corrected chi connectivity index (χ1v) is 11.7. The molecule has 8 nitrogen and oxygen atoms in total. The Hall–Kier alpha value is -4.59. The molecule has 0 radical (unpaired) electrons. The number of rotatable bonds is 11. The number of benzene rings is 3. The van der Waals surface area contributed by atoms with Gasteiger partial charge in [-0.3, -0.25) is 0 Å². The van der Waals surface area contributed by atoms with E-state index in [1.54, 1.807) is 48.5 Å². The van der Waals surface area contributed by atoms with Crippen molar-refractivity contribution in [1.82, 2.24) is 0 Å². The number of hydrogen-bond donors (Lipinski definition) is 0. The fourth-order valence-corrected chi connectivity index (χ4v) is 3.13. The van der Waals surface area contributed by atoms with Gasteiger partial charge in [0.05, 0.1) is 24.3 Å². The molecule has 0 aliphatic rings. The second-order valence-electron chi connectivity index (χ2n) is 7.82. The molecule has 0 amide bonds. The average molecular weight is 505 g/mol. The lowest BCUT2D eigenvalue weighted by Crippen LogP contribution is -2.12. The third-order valence-electron chi connectivity index (χ3n) is 4.95. The van der Waals surface area contributed by atoms with Crippen LogP contribution in [0, 0.1) is 0 Å². The van der Waals surface area contributed by atoms with Crippen molar-refractivity contribution in [1.29, 1.82) is 0 Å². The van der Waals surface area contributed by atoms with Crippen LogP contribution < -0.4 is 18.9 Å². The van der Waals surface area contributed by atoms with Crippen LogP contribution in [0.1, 0.15) is 47.1 Å². The van der Waals surface area contributed by atoms with Crippen molar-refractivity contribution in [3.8, 4) is 23.0 Å². The van der Waals surface area contributed by atoms with E-state index in [1.165, 1.54) is 25.1 Å². The van der Waals surface area contributed by atoms with E-state index < -0.39 is 17.9 Å². The number of carbonyl (C=O) groups excluding carboxylic acids is 3. The summed E-state index contributed by atoms with van der Waals surface area (Å²) < 4.78 is 27.1. The number of esters is 3. The molecule has 0 aliphatic heterocycles. The van der Waals surface area contributed by atoms with Gasteiger partial charge in [0.15, 0.2) is 0 Å². The Morgan fingerprint density at radius 3 is 1.68 bits per heavy atom. The summed E-state index contributed by atoms with van der Waals surface area (Å²) in [6.07, 6.45) is 0. The van der Waals surface area contributed by atoms with Crippen molar-refractivity contribution < 1.29 is 38.1 Å². The molecule has 0 aliphatic carbocycles. The molecular weight excluding hydrogens is 476 g/mol. The summed E-state index contributed by atoms with van der Waals surface area (Å²) in [5.74, 6) is -0.220. The van der Waals surface area contributed by atoms with E-state index in [0.29, 0.717) is 41.4 Å². The van der Waals surface area contributed by atoms with Crippen LogP contribution in [0.5, 0.6) is 23.0 Å². The van der Waals surface area contributed by atoms with E-state index in [-0.39, 0.29) is 23.7 Å². The molecule has 0 unspecified atom stereocenters. The van der Waals surface area contributed by atoms with E-state index in [4.69, 9.17) is 23.7 Å². The summed E-state index contributed by atoms with van der Waals surface area (Å²) in [6, 6.07) is 17.5. The highest BCUT2D eigenvalue weighted by Crippen LogP contribution is 2.27. The Bertz CT molecular complexity index is 1260. The minimum absolute atomic E-state index is 0.147. The van der Waals surface area contributed by atoms with Gasteiger partial charge in [-0.25, -0.2) is 14.4 Å². The summed E-state index contributed by atoms with van der Waals surface area (Å²) in [4.78, 5) is 37.3. The Morgan fingerprint density at radius 2 is 1.19 bits per heavy atom. The molecule has 0 fully saturated rings. The van der Waals surface area contributed by atoms with E-state index in [0.717, 1.165) is 0 Å². The second kappa shape index (κ2) is 12.9. The maximum Gasteiger partial charge on any atom is 0.343 e. The van der Waals surface area contributed by atoms with E-state index in [9.17, 15) is 14.4 Å². The molecule has 0 heterocycles. The normalized spacial score (nSPS) is 10.2. The minimum atomic E-state index is -0.616. The Morgan fingerprint density at radius 1 is 0.703 bits per heavy atom. The predicted molar refractivity (Wildman–Crippen MR) is 136 cm³/mol. The molecule has 0 atom stereocenters. The molecule has 0 aromatic heterocycles. The van der Waals surface area contributed by atoms with Gasteiger partial charge < -0.3 is 23.7 Å². The van der Waals surface area contributed by atoms with Crippen LogP contribution in [0.4, 0.5) is 0 Å². The summed E-state index contributed by atoms with van der Waals surface area (Å²) in [5, 5.41) is 0. The molecule has 0 spiro atoms. The maximum atomic E-state index is 12.7. The van der Waals surface area contributed by atoms with Crippen LogP contribution in [-0.2, 0) is 16.1 Å². The van der Waals surface area contributed by atoms with E-state index in [2.05, 4.69) is 6.58 Å². The SMILES string of the molecule is C=C(C)C(=O)OCc1cc(OC(=O)c2ccc(OCC)cc2)ccc1OC(=O)c1ccc(OCC)cc1. The topological polar surface area (TPSA) is 97.4 Å². The summed E-state index contributed by atoms with van der Waals surface area (Å²) in [6.45, 7) is 9.60. The van der Waals surface area contributed by atoms with Crippen molar-refractivity contribution in [2.75, 3.05) is 13.2 Å². The number of hydrogen-bond acceptors (Lipinski definition) is 8. The van der Waals surface area contributed by atoms with Crippen LogP contribution in [0.25, 0.3) is 0 Å². The van der Waals surface area contributed by atoms with Crippen LogP contribution in [0.2, 0.25) is 0 Å². The molecule has 0 N–H and O–H groups in total. The third kappa shape index (κ3) is 7.70. The monoisotopic (exact) mass is 504 g/mol. The fourth-order valence-electron chi connectivity index (χ4n) is 3.13. The van der Waals surface area contributed by atoms with Crippen LogP contribution in [0.3, 0.4) is 0 Å². The van der Waals surface area contributed by atoms with Gasteiger partial charge in [-0.1, -0.05) is 6.58 Å². The quantitative estimate of drug-likeness (QED) is 0.191. The fraction of sp³-hybridized carbons (Fsp3) is 0.207.